The second-order valence-electron chi connectivity index (χ2n) is 3.14. The number of ketones is 1. The zero-order chi connectivity index (χ0) is 11.3. The summed E-state index contributed by atoms with van der Waals surface area (Å²) in [7, 11) is 0. The second-order valence-corrected chi connectivity index (χ2v) is 4.01. The third-order valence-corrected chi connectivity index (χ3v) is 2.35. The number of unbranched alkanes of at least 4 members (excludes halogenated alkanes) is 1. The summed E-state index contributed by atoms with van der Waals surface area (Å²) in [5, 5.41) is 0.950. The summed E-state index contributed by atoms with van der Waals surface area (Å²) >= 11 is 11.6. The van der Waals surface area contributed by atoms with E-state index in [9.17, 15) is 4.79 Å². The molecule has 1 rings (SSSR count). The van der Waals surface area contributed by atoms with E-state index in [1.54, 1.807) is 18.2 Å². The number of terminal acetylenes is 1. The lowest BCUT2D eigenvalue weighted by atomic mass is 10.1. The molecule has 78 valence electrons. The van der Waals surface area contributed by atoms with Gasteiger partial charge in [-0.2, -0.15) is 0 Å². The molecule has 0 heterocycles. The lowest BCUT2D eigenvalue weighted by Crippen LogP contribution is -1.98. The molecule has 15 heavy (non-hydrogen) atoms. The molecule has 0 aliphatic heterocycles. The standard InChI is InChI=1S/C12H10Cl2O/c1-2-3-4-5-12(15)9-6-10(13)8-11(14)7-9/h1,6-8H,3-5H2. The van der Waals surface area contributed by atoms with Gasteiger partial charge in [-0.3, -0.25) is 4.79 Å². The van der Waals surface area contributed by atoms with Crippen LogP contribution in [0.5, 0.6) is 0 Å². The van der Waals surface area contributed by atoms with Crippen LogP contribution < -0.4 is 0 Å². The van der Waals surface area contributed by atoms with Gasteiger partial charge >= 0.3 is 0 Å². The van der Waals surface area contributed by atoms with Gasteiger partial charge in [0.25, 0.3) is 0 Å². The topological polar surface area (TPSA) is 17.1 Å². The highest BCUT2D eigenvalue weighted by Crippen LogP contribution is 2.20. The third-order valence-electron chi connectivity index (χ3n) is 1.91. The SMILES string of the molecule is C#CCCCC(=O)c1cc(Cl)cc(Cl)c1. The normalized spacial score (nSPS) is 9.67. The minimum atomic E-state index is 0.0228. The average molecular weight is 241 g/mol. The highest BCUT2D eigenvalue weighted by Gasteiger charge is 2.07. The highest BCUT2D eigenvalue weighted by atomic mass is 35.5. The van der Waals surface area contributed by atoms with Crippen molar-refractivity contribution in [3.8, 4) is 12.3 Å². The quantitative estimate of drug-likeness (QED) is 0.442. The summed E-state index contributed by atoms with van der Waals surface area (Å²) in [5.41, 5.74) is 0.546. The van der Waals surface area contributed by atoms with E-state index in [0.29, 0.717) is 34.9 Å². The Morgan fingerprint density at radius 1 is 1.27 bits per heavy atom. The number of Topliss-reactive ketones (excluding diaryl/α,β-unsaturated/α-hetero) is 1. The van der Waals surface area contributed by atoms with Crippen LogP contribution in [0, 0.1) is 12.3 Å². The Labute approximate surface area is 99.4 Å². The van der Waals surface area contributed by atoms with Crippen molar-refractivity contribution < 1.29 is 4.79 Å². The fraction of sp³-hybridized carbons (Fsp3) is 0.250. The van der Waals surface area contributed by atoms with Crippen LogP contribution in [0.3, 0.4) is 0 Å². The Balaban J connectivity index is 2.70. The van der Waals surface area contributed by atoms with Gasteiger partial charge < -0.3 is 0 Å². The second kappa shape index (κ2) is 5.80. The summed E-state index contributed by atoms with van der Waals surface area (Å²) < 4.78 is 0. The Morgan fingerprint density at radius 2 is 1.87 bits per heavy atom. The zero-order valence-corrected chi connectivity index (χ0v) is 9.61. The first-order valence-electron chi connectivity index (χ1n) is 4.56. The fourth-order valence-corrected chi connectivity index (χ4v) is 1.74. The van der Waals surface area contributed by atoms with E-state index in [1.165, 1.54) is 0 Å². The van der Waals surface area contributed by atoms with Crippen molar-refractivity contribution >= 4 is 29.0 Å². The van der Waals surface area contributed by atoms with E-state index in [1.807, 2.05) is 0 Å². The molecule has 0 saturated heterocycles. The fourth-order valence-electron chi connectivity index (χ4n) is 1.21. The molecular weight excluding hydrogens is 231 g/mol. The molecule has 0 fully saturated rings. The van der Waals surface area contributed by atoms with Crippen molar-refractivity contribution in [2.24, 2.45) is 0 Å². The van der Waals surface area contributed by atoms with Crippen LogP contribution in [-0.2, 0) is 0 Å². The van der Waals surface area contributed by atoms with Crippen LogP contribution >= 0.6 is 23.2 Å². The first-order chi connectivity index (χ1) is 7.13. The Kier molecular flexibility index (Phi) is 4.68. The summed E-state index contributed by atoms with van der Waals surface area (Å²) in [6, 6.07) is 4.83. The first kappa shape index (κ1) is 12.1. The van der Waals surface area contributed by atoms with Crippen LogP contribution in [0.1, 0.15) is 29.6 Å². The predicted octanol–water partition coefficient (Wildman–Crippen LogP) is 3.98. The maximum Gasteiger partial charge on any atom is 0.163 e. The summed E-state index contributed by atoms with van der Waals surface area (Å²) in [6.07, 6.45) is 6.83. The predicted molar refractivity (Wildman–Crippen MR) is 63.5 cm³/mol. The van der Waals surface area contributed by atoms with Gasteiger partial charge in [0.05, 0.1) is 0 Å². The van der Waals surface area contributed by atoms with Crippen molar-refractivity contribution in [3.63, 3.8) is 0 Å². The summed E-state index contributed by atoms with van der Waals surface area (Å²) in [4.78, 5) is 11.6. The van der Waals surface area contributed by atoms with Crippen molar-refractivity contribution in [1.82, 2.24) is 0 Å². The minimum absolute atomic E-state index is 0.0228. The van der Waals surface area contributed by atoms with E-state index in [4.69, 9.17) is 29.6 Å². The molecule has 0 N–H and O–H groups in total. The van der Waals surface area contributed by atoms with Crippen molar-refractivity contribution in [1.29, 1.82) is 0 Å². The molecule has 0 aromatic heterocycles. The Bertz CT molecular complexity index is 384. The van der Waals surface area contributed by atoms with Gasteiger partial charge in [-0.1, -0.05) is 23.2 Å². The van der Waals surface area contributed by atoms with Crippen LogP contribution in [0.25, 0.3) is 0 Å². The molecule has 0 radical (unpaired) electrons. The van der Waals surface area contributed by atoms with E-state index >= 15 is 0 Å². The number of hydrogen-bond donors (Lipinski definition) is 0. The van der Waals surface area contributed by atoms with Crippen molar-refractivity contribution in [2.75, 3.05) is 0 Å². The molecule has 0 aliphatic rings. The lowest BCUT2D eigenvalue weighted by molar-refractivity contribution is 0.0980. The van der Waals surface area contributed by atoms with Gasteiger partial charge in [-0.25, -0.2) is 0 Å². The number of carbonyl (C=O) groups excluding carboxylic acids is 1. The average Bonchev–Trinajstić information content (AvgIpc) is 2.16. The van der Waals surface area contributed by atoms with E-state index in [-0.39, 0.29) is 5.78 Å². The number of rotatable bonds is 4. The molecule has 0 spiro atoms. The molecule has 3 heteroatoms. The molecule has 1 nitrogen and oxygen atoms in total. The molecular formula is C12H10Cl2O. The first-order valence-corrected chi connectivity index (χ1v) is 5.32. The molecule has 1 aromatic carbocycles. The highest BCUT2D eigenvalue weighted by molar-refractivity contribution is 6.35. The van der Waals surface area contributed by atoms with Crippen LogP contribution in [-0.4, -0.2) is 5.78 Å². The van der Waals surface area contributed by atoms with Crippen LogP contribution in [0.15, 0.2) is 18.2 Å². The number of carbonyl (C=O) groups is 1. The monoisotopic (exact) mass is 240 g/mol. The van der Waals surface area contributed by atoms with Gasteiger partial charge in [-0.15, -0.1) is 12.3 Å². The third kappa shape index (κ3) is 3.95. The van der Waals surface area contributed by atoms with Crippen LogP contribution in [0.2, 0.25) is 10.0 Å². The minimum Gasteiger partial charge on any atom is -0.294 e. The van der Waals surface area contributed by atoms with Gasteiger partial charge in [0.2, 0.25) is 0 Å². The summed E-state index contributed by atoms with van der Waals surface area (Å²) in [6.45, 7) is 0. The maximum absolute atomic E-state index is 11.6. The Hall–Kier alpha value is -0.970. The number of halogens is 2. The summed E-state index contributed by atoms with van der Waals surface area (Å²) in [5.74, 6) is 2.52. The van der Waals surface area contributed by atoms with Gasteiger partial charge in [0.1, 0.15) is 0 Å². The van der Waals surface area contributed by atoms with Crippen molar-refractivity contribution in [2.45, 2.75) is 19.3 Å². The van der Waals surface area contributed by atoms with Gasteiger partial charge in [-0.05, 0) is 24.6 Å². The molecule has 0 aliphatic carbocycles. The smallest absolute Gasteiger partial charge is 0.163 e. The van der Waals surface area contributed by atoms with Gasteiger partial charge in [0, 0.05) is 28.5 Å². The molecule has 0 saturated carbocycles. The Morgan fingerprint density at radius 3 is 2.40 bits per heavy atom. The maximum atomic E-state index is 11.6. The van der Waals surface area contributed by atoms with E-state index < -0.39 is 0 Å². The molecule has 1 aromatic rings. The largest absolute Gasteiger partial charge is 0.294 e. The van der Waals surface area contributed by atoms with E-state index in [0.717, 1.165) is 0 Å². The van der Waals surface area contributed by atoms with E-state index in [2.05, 4.69) is 5.92 Å². The van der Waals surface area contributed by atoms with Crippen molar-refractivity contribution in [3.05, 3.63) is 33.8 Å². The van der Waals surface area contributed by atoms with Gasteiger partial charge in [0.15, 0.2) is 5.78 Å². The lowest BCUT2D eigenvalue weighted by Gasteiger charge is -2.01. The molecule has 0 amide bonds. The molecule has 0 bridgehead atoms. The van der Waals surface area contributed by atoms with Crippen LogP contribution in [0.4, 0.5) is 0 Å². The number of hydrogen-bond acceptors (Lipinski definition) is 1. The molecule has 0 unspecified atom stereocenters. The number of benzene rings is 1. The zero-order valence-electron chi connectivity index (χ0n) is 8.09. The molecule has 0 atom stereocenters.